The molecule has 1 N–H and O–H groups in total. The van der Waals surface area contributed by atoms with Crippen molar-refractivity contribution in [1.82, 2.24) is 0 Å². The molecule has 0 saturated carbocycles. The van der Waals surface area contributed by atoms with Crippen molar-refractivity contribution in [2.45, 2.75) is 12.6 Å². The van der Waals surface area contributed by atoms with Crippen LogP contribution in [0.15, 0.2) is 18.2 Å². The summed E-state index contributed by atoms with van der Waals surface area (Å²) in [5.41, 5.74) is -2.39. The molecule has 0 heterocycles. The van der Waals surface area contributed by atoms with Crippen LogP contribution in [-0.4, -0.2) is 16.6 Å². The van der Waals surface area contributed by atoms with Crippen LogP contribution in [-0.2, 0) is 12.6 Å². The minimum atomic E-state index is -4.77. The average Bonchev–Trinajstić information content (AvgIpc) is 2.16. The molecule has 16 heavy (non-hydrogen) atoms. The van der Waals surface area contributed by atoms with Crippen LogP contribution in [0.1, 0.15) is 11.1 Å². The Morgan fingerprint density at radius 1 is 1.38 bits per heavy atom. The van der Waals surface area contributed by atoms with Gasteiger partial charge in [0.1, 0.15) is 5.56 Å². The van der Waals surface area contributed by atoms with Crippen molar-refractivity contribution in [3.05, 3.63) is 39.4 Å². The lowest BCUT2D eigenvalue weighted by Gasteiger charge is -2.09. The van der Waals surface area contributed by atoms with Gasteiger partial charge in [0.15, 0.2) is 0 Å². The molecule has 0 aliphatic heterocycles. The number of para-hydroxylation sites is 1. The Balaban J connectivity index is 3.39. The van der Waals surface area contributed by atoms with Crippen molar-refractivity contribution in [2.75, 3.05) is 6.61 Å². The lowest BCUT2D eigenvalue weighted by molar-refractivity contribution is -0.388. The highest BCUT2D eigenvalue weighted by molar-refractivity contribution is 5.49. The molecule has 0 bridgehead atoms. The standard InChI is InChI=1S/C9H8F3NO3/c10-9(11,12)7-3-1-2-6(4-5-14)8(7)13(15)16/h1-3,14H,4-5H2. The van der Waals surface area contributed by atoms with E-state index >= 15 is 0 Å². The van der Waals surface area contributed by atoms with E-state index in [2.05, 4.69) is 0 Å². The summed E-state index contributed by atoms with van der Waals surface area (Å²) >= 11 is 0. The highest BCUT2D eigenvalue weighted by Crippen LogP contribution is 2.37. The van der Waals surface area contributed by atoms with Gasteiger partial charge in [0.05, 0.1) is 4.92 Å². The lowest BCUT2D eigenvalue weighted by Crippen LogP contribution is -2.11. The molecule has 0 unspecified atom stereocenters. The van der Waals surface area contributed by atoms with E-state index < -0.39 is 29.0 Å². The SMILES string of the molecule is O=[N+]([O-])c1c(CCO)cccc1C(F)(F)F. The number of alkyl halides is 3. The maximum Gasteiger partial charge on any atom is 0.423 e. The molecular weight excluding hydrogens is 227 g/mol. The molecule has 0 atom stereocenters. The third kappa shape index (κ3) is 2.48. The number of nitrogens with zero attached hydrogens (tertiary/aromatic N) is 1. The number of hydrogen-bond donors (Lipinski definition) is 1. The molecule has 4 nitrogen and oxygen atoms in total. The fraction of sp³-hybridized carbons (Fsp3) is 0.333. The molecule has 0 amide bonds. The highest BCUT2D eigenvalue weighted by Gasteiger charge is 2.39. The number of hydrogen-bond acceptors (Lipinski definition) is 3. The van der Waals surface area contributed by atoms with Crippen molar-refractivity contribution in [3.8, 4) is 0 Å². The van der Waals surface area contributed by atoms with Crippen LogP contribution in [0.3, 0.4) is 0 Å². The Hall–Kier alpha value is -1.63. The van der Waals surface area contributed by atoms with Gasteiger partial charge in [-0.05, 0) is 6.07 Å². The van der Waals surface area contributed by atoms with E-state index in [1.807, 2.05) is 0 Å². The Kier molecular flexibility index (Phi) is 3.48. The first-order chi connectivity index (χ1) is 7.38. The Morgan fingerprint density at radius 3 is 2.44 bits per heavy atom. The Morgan fingerprint density at radius 2 is 2.00 bits per heavy atom. The topological polar surface area (TPSA) is 63.4 Å². The molecule has 0 aliphatic carbocycles. The number of halogens is 3. The average molecular weight is 235 g/mol. The predicted molar refractivity (Wildman–Crippen MR) is 48.9 cm³/mol. The van der Waals surface area contributed by atoms with Gasteiger partial charge >= 0.3 is 6.18 Å². The van der Waals surface area contributed by atoms with Crippen molar-refractivity contribution in [1.29, 1.82) is 0 Å². The molecule has 0 aromatic heterocycles. The smallest absolute Gasteiger partial charge is 0.396 e. The van der Waals surface area contributed by atoms with Gasteiger partial charge in [0.25, 0.3) is 5.69 Å². The van der Waals surface area contributed by atoms with Crippen molar-refractivity contribution >= 4 is 5.69 Å². The van der Waals surface area contributed by atoms with Crippen molar-refractivity contribution in [3.63, 3.8) is 0 Å². The minimum absolute atomic E-state index is 0.123. The van der Waals surface area contributed by atoms with E-state index in [9.17, 15) is 23.3 Å². The molecule has 0 aliphatic rings. The largest absolute Gasteiger partial charge is 0.423 e. The summed E-state index contributed by atoms with van der Waals surface area (Å²) in [5, 5.41) is 19.2. The summed E-state index contributed by atoms with van der Waals surface area (Å²) in [5.74, 6) is 0. The first-order valence-electron chi connectivity index (χ1n) is 4.32. The Labute approximate surface area is 88.5 Å². The second-order valence-electron chi connectivity index (χ2n) is 3.04. The molecule has 0 fully saturated rings. The van der Waals surface area contributed by atoms with Crippen LogP contribution in [0.5, 0.6) is 0 Å². The molecular formula is C9H8F3NO3. The van der Waals surface area contributed by atoms with Gasteiger partial charge < -0.3 is 5.11 Å². The minimum Gasteiger partial charge on any atom is -0.396 e. The predicted octanol–water partition coefficient (Wildman–Crippen LogP) is 2.15. The fourth-order valence-electron chi connectivity index (χ4n) is 1.36. The lowest BCUT2D eigenvalue weighted by atomic mass is 10.0. The zero-order valence-electron chi connectivity index (χ0n) is 7.99. The number of nitro groups is 1. The van der Waals surface area contributed by atoms with Gasteiger partial charge in [-0.3, -0.25) is 10.1 Å². The van der Waals surface area contributed by atoms with E-state index in [0.717, 1.165) is 6.07 Å². The number of nitro benzene ring substituents is 1. The van der Waals surface area contributed by atoms with E-state index in [4.69, 9.17) is 5.11 Å². The Bertz CT molecular complexity index is 403. The molecule has 88 valence electrons. The summed E-state index contributed by atoms with van der Waals surface area (Å²) in [6.45, 7) is -0.442. The van der Waals surface area contributed by atoms with Gasteiger partial charge in [-0.2, -0.15) is 13.2 Å². The number of aliphatic hydroxyl groups is 1. The monoisotopic (exact) mass is 235 g/mol. The maximum atomic E-state index is 12.5. The summed E-state index contributed by atoms with van der Waals surface area (Å²) in [6.07, 6.45) is -4.95. The first-order valence-corrected chi connectivity index (χ1v) is 4.32. The zero-order chi connectivity index (χ0) is 12.3. The molecule has 1 aromatic rings. The molecule has 1 rings (SSSR count). The van der Waals surface area contributed by atoms with Gasteiger partial charge in [-0.1, -0.05) is 12.1 Å². The van der Waals surface area contributed by atoms with Gasteiger partial charge in [-0.15, -0.1) is 0 Å². The highest BCUT2D eigenvalue weighted by atomic mass is 19.4. The zero-order valence-corrected chi connectivity index (χ0v) is 7.99. The number of aliphatic hydroxyl groups excluding tert-OH is 1. The van der Waals surface area contributed by atoms with E-state index in [1.165, 1.54) is 6.07 Å². The molecule has 0 radical (unpaired) electrons. The normalized spacial score (nSPS) is 11.5. The van der Waals surface area contributed by atoms with Gasteiger partial charge in [0.2, 0.25) is 0 Å². The fourth-order valence-corrected chi connectivity index (χ4v) is 1.36. The molecule has 1 aromatic carbocycles. The van der Waals surface area contributed by atoms with Crippen LogP contribution < -0.4 is 0 Å². The first kappa shape index (κ1) is 12.4. The van der Waals surface area contributed by atoms with Crippen LogP contribution in [0, 0.1) is 10.1 Å². The maximum absolute atomic E-state index is 12.5. The molecule has 0 saturated heterocycles. The summed E-state index contributed by atoms with van der Waals surface area (Å²) in [7, 11) is 0. The van der Waals surface area contributed by atoms with Gasteiger partial charge in [0, 0.05) is 18.6 Å². The number of benzene rings is 1. The molecule has 0 spiro atoms. The quantitative estimate of drug-likeness (QED) is 0.644. The second-order valence-corrected chi connectivity index (χ2v) is 3.04. The second kappa shape index (κ2) is 4.48. The third-order valence-corrected chi connectivity index (χ3v) is 1.99. The number of rotatable bonds is 3. The van der Waals surface area contributed by atoms with Gasteiger partial charge in [-0.25, -0.2) is 0 Å². The summed E-state index contributed by atoms with van der Waals surface area (Å²) < 4.78 is 37.4. The van der Waals surface area contributed by atoms with Crippen LogP contribution in [0.25, 0.3) is 0 Å². The summed E-state index contributed by atoms with van der Waals surface area (Å²) in [4.78, 5) is 9.51. The van der Waals surface area contributed by atoms with E-state index in [1.54, 1.807) is 0 Å². The van der Waals surface area contributed by atoms with Crippen LogP contribution in [0.4, 0.5) is 18.9 Å². The van der Waals surface area contributed by atoms with Crippen molar-refractivity contribution < 1.29 is 23.2 Å². The summed E-state index contributed by atoms with van der Waals surface area (Å²) in [6, 6.07) is 2.93. The van der Waals surface area contributed by atoms with Crippen molar-refractivity contribution in [2.24, 2.45) is 0 Å². The van der Waals surface area contributed by atoms with Crippen LogP contribution in [0.2, 0.25) is 0 Å². The third-order valence-electron chi connectivity index (χ3n) is 1.99. The van der Waals surface area contributed by atoms with E-state index in [0.29, 0.717) is 6.07 Å². The van der Waals surface area contributed by atoms with Crippen LogP contribution >= 0.6 is 0 Å². The molecule has 7 heteroatoms. The van der Waals surface area contributed by atoms with E-state index in [-0.39, 0.29) is 12.0 Å².